The molecule has 1 aromatic carbocycles. The van der Waals surface area contributed by atoms with Crippen molar-refractivity contribution in [3.63, 3.8) is 0 Å². The molecule has 0 radical (unpaired) electrons. The number of rotatable bonds is 5. The fourth-order valence-corrected chi connectivity index (χ4v) is 4.26. The van der Waals surface area contributed by atoms with Gasteiger partial charge in [0, 0.05) is 31.6 Å². The summed E-state index contributed by atoms with van der Waals surface area (Å²) in [7, 11) is 1.59. The molecule has 10 nitrogen and oxygen atoms in total. The van der Waals surface area contributed by atoms with E-state index in [1.54, 1.807) is 25.6 Å². The molecule has 0 unspecified atom stereocenters. The minimum absolute atomic E-state index is 0.391. The van der Waals surface area contributed by atoms with Gasteiger partial charge in [-0.1, -0.05) is 11.3 Å². The molecule has 0 bridgehead atoms. The molecule has 162 valence electrons. The number of nitrogens with zero attached hydrogens (tertiary/aromatic N) is 3. The van der Waals surface area contributed by atoms with E-state index in [1.165, 1.54) is 27.5 Å². The molecule has 3 N–H and O–H groups in total. The van der Waals surface area contributed by atoms with Crippen molar-refractivity contribution in [2.24, 2.45) is 0 Å². The van der Waals surface area contributed by atoms with Crippen LogP contribution in [0.3, 0.4) is 0 Å². The molecule has 31 heavy (non-hydrogen) atoms. The van der Waals surface area contributed by atoms with Crippen LogP contribution in [0.5, 0.6) is 5.75 Å². The summed E-state index contributed by atoms with van der Waals surface area (Å²) in [6.45, 7) is 2.91. The standard InChI is InChI=1S/C20H21N5O5S/c1-29-15-4-3-14(24-8-10-30-11-9-24)18-17(15)21-19(31-18)22-20(27)25-7-6-13(12-25)2-5-16(26)23-28/h2-7,12,28H,8-11H2,1H3,(H,23,26)(H,21,22,27)/b5-2+. The van der Waals surface area contributed by atoms with Gasteiger partial charge in [0.2, 0.25) is 0 Å². The van der Waals surface area contributed by atoms with Crippen molar-refractivity contribution in [3.8, 4) is 5.75 Å². The summed E-state index contributed by atoms with van der Waals surface area (Å²) in [5.74, 6) is -0.0176. The smallest absolute Gasteiger partial charge is 0.331 e. The van der Waals surface area contributed by atoms with Crippen LogP contribution < -0.4 is 20.4 Å². The molecule has 1 aliphatic heterocycles. The lowest BCUT2D eigenvalue weighted by Crippen LogP contribution is -2.36. The zero-order chi connectivity index (χ0) is 21.8. The summed E-state index contributed by atoms with van der Waals surface area (Å²) in [4.78, 5) is 30.6. The molecule has 0 saturated carbocycles. The largest absolute Gasteiger partial charge is 0.494 e. The number of thiazole rings is 1. The average molecular weight is 443 g/mol. The highest BCUT2D eigenvalue weighted by Gasteiger charge is 2.20. The summed E-state index contributed by atoms with van der Waals surface area (Å²) < 4.78 is 13.2. The van der Waals surface area contributed by atoms with E-state index in [2.05, 4.69) is 15.2 Å². The normalized spacial score (nSPS) is 14.2. The molecule has 1 aliphatic rings. The van der Waals surface area contributed by atoms with E-state index in [1.807, 2.05) is 12.1 Å². The number of anilines is 2. The number of aromatic nitrogens is 2. The highest BCUT2D eigenvalue weighted by Crippen LogP contribution is 2.39. The number of morpholine rings is 1. The van der Waals surface area contributed by atoms with E-state index < -0.39 is 11.9 Å². The predicted octanol–water partition coefficient (Wildman–Crippen LogP) is 2.54. The number of amides is 2. The Kier molecular flexibility index (Phi) is 6.16. The molecule has 3 heterocycles. The number of ether oxygens (including phenoxy) is 2. The fourth-order valence-electron chi connectivity index (χ4n) is 3.24. The van der Waals surface area contributed by atoms with Crippen molar-refractivity contribution in [3.05, 3.63) is 42.2 Å². The first-order valence-corrected chi connectivity index (χ1v) is 10.3. The fraction of sp³-hybridized carbons (Fsp3) is 0.250. The Morgan fingerprint density at radius 3 is 2.84 bits per heavy atom. The number of methoxy groups -OCH3 is 1. The maximum absolute atomic E-state index is 12.7. The zero-order valence-corrected chi connectivity index (χ0v) is 17.5. The van der Waals surface area contributed by atoms with Gasteiger partial charge in [-0.15, -0.1) is 0 Å². The Balaban J connectivity index is 1.57. The summed E-state index contributed by atoms with van der Waals surface area (Å²) in [6, 6.07) is 5.16. The molecule has 1 saturated heterocycles. The van der Waals surface area contributed by atoms with Crippen molar-refractivity contribution < 1.29 is 24.3 Å². The van der Waals surface area contributed by atoms with Crippen LogP contribution in [0.2, 0.25) is 0 Å². The van der Waals surface area contributed by atoms with Gasteiger partial charge < -0.3 is 14.4 Å². The number of fused-ring (bicyclic) bond motifs is 1. The van der Waals surface area contributed by atoms with Crippen LogP contribution >= 0.6 is 11.3 Å². The number of hydrogen-bond acceptors (Lipinski definition) is 8. The second-order valence-corrected chi connectivity index (χ2v) is 7.67. The van der Waals surface area contributed by atoms with Gasteiger partial charge in [-0.2, -0.15) is 0 Å². The first kappa shape index (κ1) is 20.8. The van der Waals surface area contributed by atoms with E-state index in [4.69, 9.17) is 14.7 Å². The third-order valence-electron chi connectivity index (χ3n) is 4.76. The second-order valence-electron chi connectivity index (χ2n) is 6.67. The van der Waals surface area contributed by atoms with E-state index in [0.717, 1.165) is 29.6 Å². The number of carbonyl (C=O) groups excluding carboxylic acids is 2. The maximum atomic E-state index is 12.7. The molecule has 11 heteroatoms. The Morgan fingerprint density at radius 2 is 2.10 bits per heavy atom. The van der Waals surface area contributed by atoms with Gasteiger partial charge in [-0.05, 0) is 29.8 Å². The third kappa shape index (κ3) is 4.53. The monoisotopic (exact) mass is 443 g/mol. The average Bonchev–Trinajstić information content (AvgIpc) is 3.44. The molecule has 0 aliphatic carbocycles. The van der Waals surface area contributed by atoms with Crippen LogP contribution in [-0.2, 0) is 9.53 Å². The highest BCUT2D eigenvalue weighted by molar-refractivity contribution is 7.23. The lowest BCUT2D eigenvalue weighted by Gasteiger charge is -2.29. The van der Waals surface area contributed by atoms with Crippen LogP contribution in [0, 0.1) is 0 Å². The van der Waals surface area contributed by atoms with E-state index >= 15 is 0 Å². The minimum atomic E-state index is -0.656. The van der Waals surface area contributed by atoms with Crippen molar-refractivity contribution in [1.29, 1.82) is 0 Å². The van der Waals surface area contributed by atoms with Crippen molar-refractivity contribution >= 4 is 50.4 Å². The molecule has 2 aromatic heterocycles. The predicted molar refractivity (Wildman–Crippen MR) is 117 cm³/mol. The van der Waals surface area contributed by atoms with Gasteiger partial charge in [0.15, 0.2) is 5.13 Å². The Morgan fingerprint density at radius 1 is 1.29 bits per heavy atom. The van der Waals surface area contributed by atoms with E-state index in [-0.39, 0.29) is 0 Å². The molecule has 4 rings (SSSR count). The molecule has 1 fully saturated rings. The lowest BCUT2D eigenvalue weighted by atomic mass is 10.2. The second kappa shape index (κ2) is 9.16. The molecular weight excluding hydrogens is 422 g/mol. The maximum Gasteiger partial charge on any atom is 0.331 e. The highest BCUT2D eigenvalue weighted by atomic mass is 32.1. The molecular formula is C20H21N5O5S. The summed E-state index contributed by atoms with van der Waals surface area (Å²) in [6.07, 6.45) is 5.76. The Hall–Kier alpha value is -3.41. The van der Waals surface area contributed by atoms with Crippen LogP contribution in [0.1, 0.15) is 5.56 Å². The van der Waals surface area contributed by atoms with Gasteiger partial charge in [0.1, 0.15) is 11.3 Å². The first-order valence-electron chi connectivity index (χ1n) is 9.51. The Labute approximate surface area is 181 Å². The van der Waals surface area contributed by atoms with Gasteiger partial charge >= 0.3 is 6.03 Å². The van der Waals surface area contributed by atoms with E-state index in [9.17, 15) is 9.59 Å². The topological polar surface area (TPSA) is 118 Å². The number of hydrogen-bond donors (Lipinski definition) is 3. The number of nitrogens with one attached hydrogen (secondary N) is 2. The molecule has 2 amide bonds. The van der Waals surface area contributed by atoms with Crippen molar-refractivity contribution in [2.45, 2.75) is 0 Å². The van der Waals surface area contributed by atoms with Crippen LogP contribution in [0.25, 0.3) is 16.3 Å². The quantitative estimate of drug-likeness (QED) is 0.315. The Bertz CT molecular complexity index is 1130. The van der Waals surface area contributed by atoms with Gasteiger partial charge in [0.25, 0.3) is 5.91 Å². The van der Waals surface area contributed by atoms with Crippen molar-refractivity contribution in [1.82, 2.24) is 15.0 Å². The van der Waals surface area contributed by atoms with Crippen molar-refractivity contribution in [2.75, 3.05) is 43.6 Å². The first-order chi connectivity index (χ1) is 15.1. The third-order valence-corrected chi connectivity index (χ3v) is 5.75. The van der Waals surface area contributed by atoms with Gasteiger partial charge in [-0.25, -0.2) is 15.3 Å². The van der Waals surface area contributed by atoms with Crippen LogP contribution in [0.4, 0.5) is 15.6 Å². The number of benzene rings is 1. The molecule has 0 atom stereocenters. The van der Waals surface area contributed by atoms with E-state index in [0.29, 0.717) is 35.2 Å². The molecule has 0 spiro atoms. The molecule has 3 aromatic rings. The van der Waals surface area contributed by atoms with Crippen LogP contribution in [0.15, 0.2) is 36.7 Å². The van der Waals surface area contributed by atoms with Crippen LogP contribution in [-0.4, -0.2) is 60.1 Å². The van der Waals surface area contributed by atoms with Gasteiger partial charge in [0.05, 0.1) is 30.7 Å². The summed E-state index contributed by atoms with van der Waals surface area (Å²) in [5.41, 5.74) is 3.86. The van der Waals surface area contributed by atoms with Gasteiger partial charge in [-0.3, -0.25) is 19.9 Å². The number of carbonyl (C=O) groups is 2. The number of hydroxylamine groups is 1. The zero-order valence-electron chi connectivity index (χ0n) is 16.7. The minimum Gasteiger partial charge on any atom is -0.494 e. The summed E-state index contributed by atoms with van der Waals surface area (Å²) >= 11 is 1.38. The lowest BCUT2D eigenvalue weighted by molar-refractivity contribution is -0.124. The SMILES string of the molecule is COc1ccc(N2CCOCC2)c2sc(NC(=O)n3ccc(/C=C/C(=O)NO)c3)nc12. The summed E-state index contributed by atoms with van der Waals surface area (Å²) in [5, 5.41) is 11.8.